The van der Waals surface area contributed by atoms with Gasteiger partial charge in [-0.1, -0.05) is 11.6 Å². The highest BCUT2D eigenvalue weighted by atomic mass is 35.5. The highest BCUT2D eigenvalue weighted by molar-refractivity contribution is 6.30. The van der Waals surface area contributed by atoms with E-state index >= 15 is 0 Å². The van der Waals surface area contributed by atoms with Gasteiger partial charge in [0.25, 0.3) is 0 Å². The molecule has 1 N–H and O–H groups in total. The second kappa shape index (κ2) is 5.46. The second-order valence-electron chi connectivity index (χ2n) is 5.36. The molecule has 0 bridgehead atoms. The molecule has 3 aromatic rings. The van der Waals surface area contributed by atoms with Crippen LogP contribution in [-0.4, -0.2) is 33.8 Å². The van der Waals surface area contributed by atoms with E-state index in [2.05, 4.69) is 20.4 Å². The molecule has 6 nitrogen and oxygen atoms in total. The molecule has 0 atom stereocenters. The van der Waals surface area contributed by atoms with Gasteiger partial charge in [-0.15, -0.1) is 0 Å². The van der Waals surface area contributed by atoms with Crippen molar-refractivity contribution in [3.8, 4) is 0 Å². The topological polar surface area (TPSA) is 58.9 Å². The van der Waals surface area contributed by atoms with Gasteiger partial charge < -0.3 is 10.2 Å². The van der Waals surface area contributed by atoms with Crippen molar-refractivity contribution in [3.63, 3.8) is 0 Å². The van der Waals surface area contributed by atoms with E-state index in [4.69, 9.17) is 11.6 Å². The molecule has 2 heterocycles. The number of aromatic nitrogens is 4. The van der Waals surface area contributed by atoms with E-state index in [-0.39, 0.29) is 0 Å². The first-order valence-electron chi connectivity index (χ1n) is 6.86. The lowest BCUT2D eigenvalue weighted by molar-refractivity contribution is 0.784. The minimum Gasteiger partial charge on any atom is -0.347 e. The fourth-order valence-electron chi connectivity index (χ4n) is 2.20. The number of aryl methyl sites for hydroxylation is 2. The Kier molecular flexibility index (Phi) is 3.62. The fourth-order valence-corrected chi connectivity index (χ4v) is 2.43. The van der Waals surface area contributed by atoms with E-state index in [1.165, 1.54) is 0 Å². The summed E-state index contributed by atoms with van der Waals surface area (Å²) in [5.74, 6) is 1.36. The van der Waals surface area contributed by atoms with Crippen LogP contribution in [0.1, 0.15) is 5.56 Å². The number of nitrogens with one attached hydrogen (secondary N) is 1. The molecule has 0 amide bonds. The Labute approximate surface area is 133 Å². The third-order valence-electron chi connectivity index (χ3n) is 3.42. The van der Waals surface area contributed by atoms with Crippen LogP contribution in [-0.2, 0) is 7.05 Å². The van der Waals surface area contributed by atoms with Crippen LogP contribution in [0.15, 0.2) is 24.4 Å². The maximum Gasteiger partial charge on any atom is 0.228 e. The molecule has 7 heteroatoms. The predicted octanol–water partition coefficient (Wildman–Crippen LogP) is 3.13. The minimum absolute atomic E-state index is 0.630. The Morgan fingerprint density at radius 2 is 2.00 bits per heavy atom. The zero-order chi connectivity index (χ0) is 15.9. The summed E-state index contributed by atoms with van der Waals surface area (Å²) in [6.07, 6.45) is 1.77. The third kappa shape index (κ3) is 2.57. The summed E-state index contributed by atoms with van der Waals surface area (Å²) < 4.78 is 1.74. The van der Waals surface area contributed by atoms with Crippen molar-refractivity contribution in [1.29, 1.82) is 0 Å². The largest absolute Gasteiger partial charge is 0.347 e. The smallest absolute Gasteiger partial charge is 0.228 e. The molecule has 0 saturated carbocycles. The Hall–Kier alpha value is -2.34. The highest BCUT2D eigenvalue weighted by Crippen LogP contribution is 2.28. The van der Waals surface area contributed by atoms with E-state index in [0.717, 1.165) is 28.1 Å². The highest BCUT2D eigenvalue weighted by Gasteiger charge is 2.13. The van der Waals surface area contributed by atoms with Gasteiger partial charge in [-0.3, -0.25) is 4.68 Å². The van der Waals surface area contributed by atoms with Gasteiger partial charge in [-0.2, -0.15) is 15.1 Å². The molecule has 22 heavy (non-hydrogen) atoms. The molecule has 1 aromatic carbocycles. The number of fused-ring (bicyclic) bond motifs is 1. The van der Waals surface area contributed by atoms with Crippen LogP contribution in [0, 0.1) is 6.92 Å². The number of hydrogen-bond acceptors (Lipinski definition) is 5. The van der Waals surface area contributed by atoms with Crippen molar-refractivity contribution in [1.82, 2.24) is 19.7 Å². The summed E-state index contributed by atoms with van der Waals surface area (Å²) >= 11 is 6.01. The Morgan fingerprint density at radius 3 is 2.68 bits per heavy atom. The quantitative estimate of drug-likeness (QED) is 0.804. The zero-order valence-electron chi connectivity index (χ0n) is 12.9. The van der Waals surface area contributed by atoms with Gasteiger partial charge in [0.15, 0.2) is 5.65 Å². The van der Waals surface area contributed by atoms with E-state index < -0.39 is 0 Å². The van der Waals surface area contributed by atoms with Gasteiger partial charge in [0.2, 0.25) is 5.95 Å². The third-order valence-corrected chi connectivity index (χ3v) is 3.66. The zero-order valence-corrected chi connectivity index (χ0v) is 13.7. The number of nitrogens with zero attached hydrogens (tertiary/aromatic N) is 5. The Morgan fingerprint density at radius 1 is 1.23 bits per heavy atom. The van der Waals surface area contributed by atoms with Crippen molar-refractivity contribution >= 4 is 40.1 Å². The van der Waals surface area contributed by atoms with Gasteiger partial charge >= 0.3 is 0 Å². The van der Waals surface area contributed by atoms with Gasteiger partial charge in [0.1, 0.15) is 5.82 Å². The van der Waals surface area contributed by atoms with Crippen LogP contribution in [0.5, 0.6) is 0 Å². The van der Waals surface area contributed by atoms with Crippen molar-refractivity contribution < 1.29 is 0 Å². The van der Waals surface area contributed by atoms with Crippen molar-refractivity contribution in [2.45, 2.75) is 6.92 Å². The normalized spacial score (nSPS) is 11.0. The monoisotopic (exact) mass is 316 g/mol. The summed E-state index contributed by atoms with van der Waals surface area (Å²) in [6, 6.07) is 5.71. The van der Waals surface area contributed by atoms with Crippen molar-refractivity contribution in [2.24, 2.45) is 7.05 Å². The SMILES string of the molecule is Cc1cc(Cl)ccc1Nc1nc(N(C)C)nc2c1cnn2C. The molecule has 0 aliphatic rings. The number of halogens is 1. The molecule has 2 aromatic heterocycles. The van der Waals surface area contributed by atoms with E-state index in [9.17, 15) is 0 Å². The van der Waals surface area contributed by atoms with Crippen molar-refractivity contribution in [3.05, 3.63) is 35.0 Å². The van der Waals surface area contributed by atoms with Gasteiger partial charge in [-0.05, 0) is 30.7 Å². The van der Waals surface area contributed by atoms with E-state index in [1.807, 2.05) is 51.2 Å². The average molecular weight is 317 g/mol. The summed E-state index contributed by atoms with van der Waals surface area (Å²) in [5.41, 5.74) is 2.79. The Balaban J connectivity index is 2.12. The lowest BCUT2D eigenvalue weighted by Gasteiger charge is -2.14. The molecule has 114 valence electrons. The Bertz CT molecular complexity index is 839. The predicted molar refractivity (Wildman–Crippen MR) is 90.1 cm³/mol. The molecular formula is C15H17ClN6. The van der Waals surface area contributed by atoms with Gasteiger partial charge in [0.05, 0.1) is 11.6 Å². The van der Waals surface area contributed by atoms with E-state index in [1.54, 1.807) is 10.9 Å². The lowest BCUT2D eigenvalue weighted by atomic mass is 10.2. The number of hydrogen-bond donors (Lipinski definition) is 1. The van der Waals surface area contributed by atoms with E-state index in [0.29, 0.717) is 11.0 Å². The molecule has 0 aliphatic heterocycles. The fraction of sp³-hybridized carbons (Fsp3) is 0.267. The van der Waals surface area contributed by atoms with Crippen LogP contribution in [0.4, 0.5) is 17.5 Å². The maximum atomic E-state index is 6.01. The first kappa shape index (κ1) is 14.6. The number of rotatable bonds is 3. The summed E-state index contributed by atoms with van der Waals surface area (Å²) in [4.78, 5) is 11.0. The molecule has 0 radical (unpaired) electrons. The lowest BCUT2D eigenvalue weighted by Crippen LogP contribution is -2.14. The molecule has 0 fully saturated rings. The molecule has 0 saturated heterocycles. The average Bonchev–Trinajstić information content (AvgIpc) is 2.84. The number of benzene rings is 1. The van der Waals surface area contributed by atoms with Crippen LogP contribution in [0.3, 0.4) is 0 Å². The molecule has 0 aliphatic carbocycles. The number of anilines is 3. The van der Waals surface area contributed by atoms with Crippen LogP contribution in [0.2, 0.25) is 5.02 Å². The molecule has 0 unspecified atom stereocenters. The molecule has 3 rings (SSSR count). The molecule has 0 spiro atoms. The van der Waals surface area contributed by atoms with Crippen LogP contribution < -0.4 is 10.2 Å². The maximum absolute atomic E-state index is 6.01. The van der Waals surface area contributed by atoms with Gasteiger partial charge in [0, 0.05) is 31.9 Å². The molecular weight excluding hydrogens is 300 g/mol. The van der Waals surface area contributed by atoms with Crippen molar-refractivity contribution in [2.75, 3.05) is 24.3 Å². The summed E-state index contributed by atoms with van der Waals surface area (Å²) in [7, 11) is 5.69. The summed E-state index contributed by atoms with van der Waals surface area (Å²) in [6.45, 7) is 2.00. The van der Waals surface area contributed by atoms with Crippen LogP contribution >= 0.6 is 11.6 Å². The van der Waals surface area contributed by atoms with Gasteiger partial charge in [-0.25, -0.2) is 0 Å². The standard InChI is InChI=1S/C15H17ClN6/c1-9-7-10(16)5-6-12(9)18-13-11-8-17-22(4)14(11)20-15(19-13)21(2)3/h5-8H,1-4H3,(H,18,19,20). The summed E-state index contributed by atoms with van der Waals surface area (Å²) in [5, 5.41) is 9.22. The first-order chi connectivity index (χ1) is 10.5. The van der Waals surface area contributed by atoms with Crippen LogP contribution in [0.25, 0.3) is 11.0 Å². The first-order valence-corrected chi connectivity index (χ1v) is 7.24. The second-order valence-corrected chi connectivity index (χ2v) is 5.79. The minimum atomic E-state index is 0.630.